The number of imidazole rings is 2. The van der Waals surface area contributed by atoms with Crippen LogP contribution in [0.4, 0.5) is 0 Å². The molecule has 0 radical (unpaired) electrons. The summed E-state index contributed by atoms with van der Waals surface area (Å²) in [4.78, 5) is 21.0. The van der Waals surface area contributed by atoms with Crippen LogP contribution in [0.15, 0.2) is 186 Å². The SMILES string of the molecule is Cc1cc2cc3c(nc2c(C)n1)oc1c(-c2nc4ccccc4n2-c2c(C(C)C)cc(-c4ccccc4)cc2C(C)C)cc(Oc2cccc(-c4nc5ccccc5n4-c4c(C(C)C)cc(-c5ccccc5)cc4C(C)C)c2)cc13. The summed E-state index contributed by atoms with van der Waals surface area (Å²) < 4.78 is 19.0. The van der Waals surface area contributed by atoms with Gasteiger partial charge in [-0.1, -0.05) is 152 Å². The van der Waals surface area contributed by atoms with Crippen molar-refractivity contribution in [1.29, 1.82) is 0 Å². The number of aryl methyl sites for hydroxylation is 2. The Labute approximate surface area is 467 Å². The first-order chi connectivity index (χ1) is 38.8. The molecular formula is C72H64N6O2. The Kier molecular flexibility index (Phi) is 12.6. The van der Waals surface area contributed by atoms with E-state index in [1.165, 1.54) is 50.2 Å². The van der Waals surface area contributed by atoms with Crippen LogP contribution in [0.3, 0.4) is 0 Å². The summed E-state index contributed by atoms with van der Waals surface area (Å²) in [5.41, 5.74) is 21.5. The lowest BCUT2D eigenvalue weighted by Gasteiger charge is -2.24. The van der Waals surface area contributed by atoms with E-state index in [2.05, 4.69) is 240 Å². The molecule has 0 spiro atoms. The average molecular weight is 1050 g/mol. The smallest absolute Gasteiger partial charge is 0.227 e. The highest BCUT2D eigenvalue weighted by molar-refractivity contribution is 6.12. The van der Waals surface area contributed by atoms with Gasteiger partial charge in [0.1, 0.15) is 28.7 Å². The number of aromatic nitrogens is 6. The Balaban J connectivity index is 1.03. The summed E-state index contributed by atoms with van der Waals surface area (Å²) in [7, 11) is 0. The molecule has 0 aliphatic heterocycles. The number of benzene rings is 8. The zero-order valence-electron chi connectivity index (χ0n) is 47.1. The zero-order valence-corrected chi connectivity index (χ0v) is 47.1. The van der Waals surface area contributed by atoms with Gasteiger partial charge in [-0.2, -0.15) is 0 Å². The predicted octanol–water partition coefficient (Wildman–Crippen LogP) is 19.8. The highest BCUT2D eigenvalue weighted by atomic mass is 16.5. The van der Waals surface area contributed by atoms with E-state index in [-0.39, 0.29) is 23.7 Å². The molecule has 13 rings (SSSR count). The molecule has 0 aliphatic rings. The van der Waals surface area contributed by atoms with Gasteiger partial charge >= 0.3 is 0 Å². The molecule has 13 aromatic rings. The van der Waals surface area contributed by atoms with Crippen molar-refractivity contribution in [1.82, 2.24) is 29.1 Å². The lowest BCUT2D eigenvalue weighted by atomic mass is 9.88. The van der Waals surface area contributed by atoms with Gasteiger partial charge in [-0.05, 0) is 167 Å². The first-order valence-electron chi connectivity index (χ1n) is 28.1. The van der Waals surface area contributed by atoms with Gasteiger partial charge in [0.2, 0.25) is 5.71 Å². The fraction of sp³-hybridized carbons (Fsp3) is 0.194. The molecule has 0 bridgehead atoms. The Morgan fingerprint density at radius 2 is 0.912 bits per heavy atom. The second-order valence-corrected chi connectivity index (χ2v) is 22.7. The second-order valence-electron chi connectivity index (χ2n) is 22.7. The van der Waals surface area contributed by atoms with Gasteiger partial charge in [-0.3, -0.25) is 14.1 Å². The summed E-state index contributed by atoms with van der Waals surface area (Å²) in [5, 5.41) is 2.76. The van der Waals surface area contributed by atoms with E-state index in [1.54, 1.807) is 0 Å². The minimum absolute atomic E-state index is 0.182. The van der Waals surface area contributed by atoms with E-state index in [4.69, 9.17) is 29.1 Å². The zero-order chi connectivity index (χ0) is 55.1. The average Bonchev–Trinajstić information content (AvgIpc) is 4.23. The summed E-state index contributed by atoms with van der Waals surface area (Å²) >= 11 is 0. The summed E-state index contributed by atoms with van der Waals surface area (Å²) in [6.07, 6.45) is 0. The van der Waals surface area contributed by atoms with Gasteiger partial charge in [-0.15, -0.1) is 0 Å². The van der Waals surface area contributed by atoms with Crippen LogP contribution >= 0.6 is 0 Å². The third-order valence-electron chi connectivity index (χ3n) is 15.8. The van der Waals surface area contributed by atoms with Crippen molar-refractivity contribution in [3.8, 4) is 67.9 Å². The van der Waals surface area contributed by atoms with Crippen LogP contribution in [0.25, 0.3) is 111 Å². The maximum Gasteiger partial charge on any atom is 0.227 e. The van der Waals surface area contributed by atoms with Crippen LogP contribution < -0.4 is 4.74 Å². The minimum Gasteiger partial charge on any atom is -0.457 e. The van der Waals surface area contributed by atoms with Crippen LogP contribution in [-0.2, 0) is 0 Å². The fourth-order valence-corrected chi connectivity index (χ4v) is 11.9. The van der Waals surface area contributed by atoms with Gasteiger partial charge in [-0.25, -0.2) is 15.0 Å². The van der Waals surface area contributed by atoms with Gasteiger partial charge < -0.3 is 9.15 Å². The number of nitrogens with zero attached hydrogens (tertiary/aromatic N) is 6. The Hall–Kier alpha value is -9.14. The molecule has 5 aromatic heterocycles. The van der Waals surface area contributed by atoms with Crippen LogP contribution in [0.1, 0.15) is 113 Å². The maximum absolute atomic E-state index is 7.23. The van der Waals surface area contributed by atoms with E-state index >= 15 is 0 Å². The molecule has 80 heavy (non-hydrogen) atoms. The Morgan fingerprint density at radius 3 is 1.46 bits per heavy atom. The highest BCUT2D eigenvalue weighted by Gasteiger charge is 2.28. The van der Waals surface area contributed by atoms with E-state index in [1.807, 2.05) is 19.9 Å². The molecule has 0 amide bonds. The van der Waals surface area contributed by atoms with Gasteiger partial charge in [0.05, 0.1) is 50.2 Å². The van der Waals surface area contributed by atoms with Crippen molar-refractivity contribution in [3.05, 3.63) is 216 Å². The van der Waals surface area contributed by atoms with Crippen molar-refractivity contribution < 1.29 is 9.15 Å². The first kappa shape index (κ1) is 50.4. The molecule has 0 N–H and O–H groups in total. The number of hydrogen-bond acceptors (Lipinski definition) is 6. The number of rotatable bonds is 12. The second kappa shape index (κ2) is 19.9. The molecule has 8 nitrogen and oxygen atoms in total. The molecule has 5 heterocycles. The van der Waals surface area contributed by atoms with Crippen LogP contribution in [-0.4, -0.2) is 29.1 Å². The molecule has 0 saturated carbocycles. The number of para-hydroxylation sites is 4. The molecule has 0 aliphatic carbocycles. The van der Waals surface area contributed by atoms with Gasteiger partial charge in [0.15, 0.2) is 0 Å². The van der Waals surface area contributed by atoms with Crippen LogP contribution in [0.2, 0.25) is 0 Å². The predicted molar refractivity (Wildman–Crippen MR) is 330 cm³/mol. The number of hydrogen-bond donors (Lipinski definition) is 0. The minimum atomic E-state index is 0.182. The number of pyridine rings is 2. The quantitative estimate of drug-likeness (QED) is 0.121. The number of ether oxygens (including phenoxy) is 1. The number of furan rings is 1. The lowest BCUT2D eigenvalue weighted by molar-refractivity contribution is 0.483. The lowest BCUT2D eigenvalue weighted by Crippen LogP contribution is -2.09. The molecule has 0 unspecified atom stereocenters. The van der Waals surface area contributed by atoms with Gasteiger partial charge in [0, 0.05) is 27.4 Å². The normalized spacial score (nSPS) is 12.1. The molecule has 8 aromatic carbocycles. The van der Waals surface area contributed by atoms with Crippen LogP contribution in [0, 0.1) is 13.8 Å². The fourth-order valence-electron chi connectivity index (χ4n) is 11.9. The van der Waals surface area contributed by atoms with E-state index in [0.717, 1.165) is 83.6 Å². The van der Waals surface area contributed by atoms with E-state index in [0.29, 0.717) is 22.8 Å². The monoisotopic (exact) mass is 1040 g/mol. The molecule has 0 fully saturated rings. The largest absolute Gasteiger partial charge is 0.457 e. The molecule has 0 atom stereocenters. The van der Waals surface area contributed by atoms with E-state index in [9.17, 15) is 0 Å². The first-order valence-corrected chi connectivity index (χ1v) is 28.1. The highest BCUT2D eigenvalue weighted by Crippen LogP contribution is 2.46. The van der Waals surface area contributed by atoms with Crippen LogP contribution in [0.5, 0.6) is 11.5 Å². The Morgan fingerprint density at radius 1 is 0.412 bits per heavy atom. The molecule has 0 saturated heterocycles. The standard InChI is InChI=1S/C72H64N6O2/c1-41(2)55-34-50(47-22-13-11-14-23-47)35-56(42(3)4)67(55)77-64-30-19-17-28-62(64)74-70(77)49-26-21-27-53(33-49)79-54-39-59-60-38-52-32-45(9)73-46(10)66(52)76-72(60)80-69(59)61(40-54)71-75-63-29-18-20-31-65(63)78(71)68-57(43(5)6)36-51(37-58(68)44(7)8)48-24-15-12-16-25-48/h11-44H,1-10H3. The van der Waals surface area contributed by atoms with Crippen molar-refractivity contribution in [3.63, 3.8) is 0 Å². The Bertz CT molecular complexity index is 4480. The topological polar surface area (TPSA) is 83.8 Å². The van der Waals surface area contributed by atoms with Crippen molar-refractivity contribution >= 4 is 55.0 Å². The molecular weight excluding hydrogens is 981 g/mol. The number of fused-ring (bicyclic) bond motifs is 6. The van der Waals surface area contributed by atoms with Crippen molar-refractivity contribution in [2.75, 3.05) is 0 Å². The summed E-state index contributed by atoms with van der Waals surface area (Å²) in [5.74, 6) is 3.71. The van der Waals surface area contributed by atoms with E-state index < -0.39 is 0 Å². The van der Waals surface area contributed by atoms with Gasteiger partial charge in [0.25, 0.3) is 0 Å². The third-order valence-corrected chi connectivity index (χ3v) is 15.8. The van der Waals surface area contributed by atoms with Crippen molar-refractivity contribution in [2.45, 2.75) is 92.9 Å². The molecule has 8 heteroatoms. The third kappa shape index (κ3) is 8.70. The maximum atomic E-state index is 7.23. The van der Waals surface area contributed by atoms with Crippen molar-refractivity contribution in [2.24, 2.45) is 0 Å². The summed E-state index contributed by atoms with van der Waals surface area (Å²) in [6.45, 7) is 22.3. The summed E-state index contributed by atoms with van der Waals surface area (Å²) in [6, 6.07) is 64.7. The molecule has 394 valence electrons.